The minimum atomic E-state index is -3.66. The van der Waals surface area contributed by atoms with Gasteiger partial charge in [-0.1, -0.05) is 142 Å². The number of sulfone groups is 2. The molecule has 1 unspecified atom stereocenters. The summed E-state index contributed by atoms with van der Waals surface area (Å²) in [7, 11) is -2.01. The molecule has 99 heavy (non-hydrogen) atoms. The predicted molar refractivity (Wildman–Crippen MR) is 386 cm³/mol. The van der Waals surface area contributed by atoms with Crippen LogP contribution in [0.4, 0.5) is 5.69 Å². The molecule has 10 aromatic carbocycles. The smallest absolute Gasteiger partial charge is 0.497 e. The molecule has 500 valence electrons. The Morgan fingerprint density at radius 2 is 0.960 bits per heavy atom. The molecule has 0 fully saturated rings. The number of nitrogens with zero attached hydrogens (tertiary/aromatic N) is 4. The van der Waals surface area contributed by atoms with Crippen molar-refractivity contribution in [3.63, 3.8) is 0 Å². The van der Waals surface area contributed by atoms with Crippen LogP contribution < -0.4 is 34.3 Å². The molecule has 0 heterocycles. The molecular formula is C83H76N4O10S2. The van der Waals surface area contributed by atoms with Crippen molar-refractivity contribution in [3.8, 4) is 40.6 Å². The molecule has 0 saturated carbocycles. The van der Waals surface area contributed by atoms with Crippen LogP contribution in [0.25, 0.3) is 21.1 Å². The van der Waals surface area contributed by atoms with E-state index in [2.05, 4.69) is 67.7 Å². The van der Waals surface area contributed by atoms with Crippen molar-refractivity contribution >= 4 is 42.7 Å². The first kappa shape index (κ1) is 70.6. The molecule has 0 radical (unpaired) electrons. The Balaban J connectivity index is 0.000000243. The van der Waals surface area contributed by atoms with Crippen LogP contribution in [-0.2, 0) is 45.5 Å². The topological polar surface area (TPSA) is 167 Å². The third kappa shape index (κ3) is 15.9. The van der Waals surface area contributed by atoms with Gasteiger partial charge in [0.15, 0.2) is 0 Å². The second kappa shape index (κ2) is 30.0. The number of methoxy groups -OCH3 is 2. The van der Waals surface area contributed by atoms with Crippen LogP contribution in [0.15, 0.2) is 256 Å². The van der Waals surface area contributed by atoms with Crippen molar-refractivity contribution in [1.82, 2.24) is 0 Å². The largest absolute Gasteiger partial charge is 0.526 e. The lowest BCUT2D eigenvalue weighted by Gasteiger charge is -2.31. The summed E-state index contributed by atoms with van der Waals surface area (Å²) in [4.78, 5) is 22.6. The van der Waals surface area contributed by atoms with Gasteiger partial charge >= 0.3 is 11.8 Å². The van der Waals surface area contributed by atoms with Crippen LogP contribution in [0.2, 0.25) is 0 Å². The van der Waals surface area contributed by atoms with Crippen molar-refractivity contribution in [2.45, 2.75) is 96.6 Å². The Labute approximate surface area is 580 Å². The Hall–Kier alpha value is -11.2. The van der Waals surface area contributed by atoms with E-state index in [0.29, 0.717) is 52.0 Å². The number of carbonyl (C=O) groups is 1. The van der Waals surface area contributed by atoms with Crippen molar-refractivity contribution in [2.75, 3.05) is 39.3 Å². The van der Waals surface area contributed by atoms with E-state index in [1.54, 1.807) is 123 Å². The summed E-state index contributed by atoms with van der Waals surface area (Å²) in [5, 5.41) is 11.1. The SMILES string of the molecule is COc1ccc2c(c1)[C@](C)(c1ccc(Oc3ccc(S(=O)(=O)c4ccc(C)cc4)cc3)cc1)CC2(C)C.[C-]#[N+]C([N+]#[C-])=c1ccc(=C(C#N)c2ccc(N(C)CCOC(=O)CCC(C)(c3ccc(OC)cc3)c3ccc(Oc4ccc(S(=O)(=O)c5ccc(C)cc5)cc4)cc3)cc2)cc1. The van der Waals surface area contributed by atoms with Crippen molar-refractivity contribution in [3.05, 3.63) is 314 Å². The van der Waals surface area contributed by atoms with Crippen LogP contribution in [0, 0.1) is 38.3 Å². The molecule has 11 rings (SSSR count). The van der Waals surface area contributed by atoms with Crippen LogP contribution in [0.1, 0.15) is 91.5 Å². The van der Waals surface area contributed by atoms with Gasteiger partial charge in [-0.3, -0.25) is 4.79 Å². The third-order valence-corrected chi connectivity index (χ3v) is 21.9. The van der Waals surface area contributed by atoms with Gasteiger partial charge in [-0.15, -0.1) is 0 Å². The summed E-state index contributed by atoms with van der Waals surface area (Å²) < 4.78 is 80.9. The quantitative estimate of drug-likeness (QED) is 0.0494. The molecule has 14 nitrogen and oxygen atoms in total. The van der Waals surface area contributed by atoms with E-state index in [4.69, 9.17) is 36.8 Å². The molecule has 0 spiro atoms. The van der Waals surface area contributed by atoms with E-state index in [0.717, 1.165) is 51.4 Å². The molecule has 2 atom stereocenters. The van der Waals surface area contributed by atoms with Gasteiger partial charge < -0.3 is 28.6 Å². The first-order chi connectivity index (χ1) is 47.4. The summed E-state index contributed by atoms with van der Waals surface area (Å²) in [5.74, 6) is 3.59. The van der Waals surface area contributed by atoms with Gasteiger partial charge in [-0.2, -0.15) is 15.0 Å². The van der Waals surface area contributed by atoms with Gasteiger partial charge in [0, 0.05) is 30.0 Å². The van der Waals surface area contributed by atoms with Crippen molar-refractivity contribution in [2.24, 2.45) is 0 Å². The number of fused-ring (bicyclic) bond motifs is 1. The average molecular weight is 1350 g/mol. The number of nitriles is 1. The van der Waals surface area contributed by atoms with E-state index in [1.165, 1.54) is 28.8 Å². The summed E-state index contributed by atoms with van der Waals surface area (Å²) in [6.07, 6.45) is 1.63. The van der Waals surface area contributed by atoms with Gasteiger partial charge in [0.05, 0.1) is 51.1 Å². The zero-order chi connectivity index (χ0) is 70.7. The number of hydrogen-bond acceptors (Lipinski definition) is 12. The second-order valence-corrected chi connectivity index (χ2v) is 29.4. The summed E-state index contributed by atoms with van der Waals surface area (Å²) in [5.41, 5.74) is 9.26. The molecule has 1 aliphatic carbocycles. The highest BCUT2D eigenvalue weighted by Crippen LogP contribution is 2.54. The lowest BCUT2D eigenvalue weighted by molar-refractivity contribution is -0.143. The standard InChI is InChI=1S/C51H44N4O6S.C32H32O4S/c1-36-7-27-46(28-8-36)62(57,58)47-29-25-45(26-30-47)61-44-23-17-41(18-24-44)51(2,40-15-21-43(59-6)22-16-40)32-31-49(56)60-34-33-55(5)42-19-13-38(14-20-42)48(35-52)37-9-11-39(12-10-37)50(53-3)54-4;1-22-6-15-27(16-7-22)37(33,34)28-17-12-25(13-18-28)36-24-10-8-23(9-11-24)32(4)21-31(2,3)29-19-14-26(35-5)20-30(29)32/h7-30H,31-34H2,1-2,5-6H3;6-20H,21H2,1-5H3/t;32-/m.0/s1. The lowest BCUT2D eigenvalue weighted by Crippen LogP contribution is -2.27. The molecule has 0 aliphatic heterocycles. The zero-order valence-corrected chi connectivity index (χ0v) is 58.4. The number of carbonyl (C=O) groups excluding carboxylic acids is 1. The molecule has 1 aliphatic rings. The maximum Gasteiger partial charge on any atom is 0.526 e. The Kier molecular flexibility index (Phi) is 21.4. The normalized spacial score (nSPS) is 14.2. The van der Waals surface area contributed by atoms with Crippen LogP contribution in [0.5, 0.6) is 34.5 Å². The minimum Gasteiger partial charge on any atom is -0.497 e. The Morgan fingerprint density at radius 1 is 0.545 bits per heavy atom. The van der Waals surface area contributed by atoms with E-state index in [1.807, 2.05) is 117 Å². The van der Waals surface area contributed by atoms with Crippen LogP contribution in [0.3, 0.4) is 0 Å². The average Bonchev–Trinajstić information content (AvgIpc) is 1.58. The van der Waals surface area contributed by atoms with Crippen LogP contribution >= 0.6 is 0 Å². The number of benzene rings is 10. The van der Waals surface area contributed by atoms with Gasteiger partial charge in [-0.25, -0.2) is 16.8 Å². The number of likely N-dealkylation sites (N-methyl/N-ethyl adjacent to an activating group) is 1. The number of ether oxygens (including phenoxy) is 5. The first-order valence-corrected chi connectivity index (χ1v) is 35.1. The fourth-order valence-electron chi connectivity index (χ4n) is 12.5. The van der Waals surface area contributed by atoms with Gasteiger partial charge in [0.25, 0.3) is 0 Å². The van der Waals surface area contributed by atoms with E-state index >= 15 is 0 Å². The number of hydrogen-bond donors (Lipinski definition) is 0. The first-order valence-electron chi connectivity index (χ1n) is 32.1. The Morgan fingerprint density at radius 3 is 1.40 bits per heavy atom. The highest BCUT2D eigenvalue weighted by molar-refractivity contribution is 7.91. The van der Waals surface area contributed by atoms with E-state index in [9.17, 15) is 26.9 Å². The summed E-state index contributed by atoms with van der Waals surface area (Å²) in [6.45, 7) is 27.8. The molecule has 10 aromatic rings. The maximum atomic E-state index is 13.2. The fraction of sp³-hybridized carbons (Fsp3) is 0.205. The molecule has 0 bridgehead atoms. The van der Waals surface area contributed by atoms with Crippen molar-refractivity contribution < 1.29 is 45.3 Å². The molecule has 0 aromatic heterocycles. The zero-order valence-electron chi connectivity index (χ0n) is 56.7. The lowest BCUT2D eigenvalue weighted by atomic mass is 9.73. The number of rotatable bonds is 21. The molecular weight excluding hydrogens is 1280 g/mol. The maximum absolute atomic E-state index is 13.2. The second-order valence-electron chi connectivity index (χ2n) is 25.5. The van der Waals surface area contributed by atoms with Crippen molar-refractivity contribution in [1.29, 1.82) is 5.26 Å². The fourth-order valence-corrected chi connectivity index (χ4v) is 15.1. The number of anilines is 1. The third-order valence-electron chi connectivity index (χ3n) is 18.3. The van der Waals surface area contributed by atoms with Gasteiger partial charge in [-0.05, 0) is 204 Å². The minimum absolute atomic E-state index is 0.0208. The molecule has 0 saturated heterocycles. The highest BCUT2D eigenvalue weighted by Gasteiger charge is 2.46. The summed E-state index contributed by atoms with van der Waals surface area (Å²) >= 11 is 0. The number of aryl methyl sites for hydroxylation is 2. The monoisotopic (exact) mass is 1350 g/mol. The highest BCUT2D eigenvalue weighted by atomic mass is 32.2. The van der Waals surface area contributed by atoms with Gasteiger partial charge in [0.2, 0.25) is 19.7 Å². The van der Waals surface area contributed by atoms with E-state index in [-0.39, 0.29) is 55.2 Å². The molecule has 0 amide bonds. The van der Waals surface area contributed by atoms with Crippen LogP contribution in [-0.4, -0.2) is 57.2 Å². The van der Waals surface area contributed by atoms with E-state index < -0.39 is 25.1 Å². The van der Waals surface area contributed by atoms with Gasteiger partial charge in [0.1, 0.15) is 60.3 Å². The predicted octanol–water partition coefficient (Wildman–Crippen LogP) is 16.6. The summed E-state index contributed by atoms with van der Waals surface area (Å²) in [6, 6.07) is 73.2. The number of esters is 1. The molecule has 0 N–H and O–H groups in total. The Bertz CT molecular complexity index is 5030. The molecule has 16 heteroatoms.